The third-order valence-electron chi connectivity index (χ3n) is 0.574. The molecule has 0 amide bonds. The number of allylic oxidation sites excluding steroid dienone is 3. The first-order valence-electron chi connectivity index (χ1n) is 2.17. The Balaban J connectivity index is 3.37. The summed E-state index contributed by atoms with van der Waals surface area (Å²) >= 11 is 5.38. The molecule has 0 fully saturated rings. The van der Waals surface area contributed by atoms with Gasteiger partial charge in [0.15, 0.2) is 0 Å². The van der Waals surface area contributed by atoms with Gasteiger partial charge in [0.05, 0.1) is 0 Å². The largest absolute Gasteiger partial charge is 0.122 e. The van der Waals surface area contributed by atoms with Gasteiger partial charge in [0, 0.05) is 5.88 Å². The van der Waals surface area contributed by atoms with Crippen LogP contribution in [0.1, 0.15) is 6.92 Å². The average molecular weight is 117 g/mol. The van der Waals surface area contributed by atoms with E-state index in [-0.39, 0.29) is 0 Å². The van der Waals surface area contributed by atoms with E-state index in [1.54, 1.807) is 0 Å². The van der Waals surface area contributed by atoms with Crippen LogP contribution in [0.3, 0.4) is 0 Å². The fourth-order valence-corrected chi connectivity index (χ4v) is 0.369. The molecule has 0 spiro atoms. The molecular formula is C6H9Cl. The zero-order chi connectivity index (χ0) is 5.70. The van der Waals surface area contributed by atoms with Gasteiger partial charge in [-0.15, -0.1) is 11.6 Å². The van der Waals surface area contributed by atoms with Crippen molar-refractivity contribution in [3.05, 3.63) is 24.3 Å². The second kappa shape index (κ2) is 3.94. The van der Waals surface area contributed by atoms with Crippen LogP contribution in [0.25, 0.3) is 0 Å². The van der Waals surface area contributed by atoms with E-state index < -0.39 is 0 Å². The monoisotopic (exact) mass is 116 g/mol. The third-order valence-corrected chi connectivity index (χ3v) is 0.917. The minimum Gasteiger partial charge on any atom is -0.122 e. The van der Waals surface area contributed by atoms with Crippen LogP contribution in [0.4, 0.5) is 0 Å². The lowest BCUT2D eigenvalue weighted by atomic mass is 10.3. The summed E-state index contributed by atoms with van der Waals surface area (Å²) in [5.41, 5.74) is 0.962. The van der Waals surface area contributed by atoms with Crippen LogP contribution < -0.4 is 0 Å². The van der Waals surface area contributed by atoms with Crippen molar-refractivity contribution in [1.82, 2.24) is 0 Å². The molecule has 0 aromatic heterocycles. The van der Waals surface area contributed by atoms with Crippen LogP contribution >= 0.6 is 11.6 Å². The highest BCUT2D eigenvalue weighted by atomic mass is 35.5. The Morgan fingerprint density at radius 3 is 2.57 bits per heavy atom. The molecule has 0 atom stereocenters. The van der Waals surface area contributed by atoms with Crippen LogP contribution in [0.2, 0.25) is 0 Å². The highest BCUT2D eigenvalue weighted by Crippen LogP contribution is 1.93. The summed E-state index contributed by atoms with van der Waals surface area (Å²) < 4.78 is 0. The van der Waals surface area contributed by atoms with Gasteiger partial charge in [-0.25, -0.2) is 0 Å². The van der Waals surface area contributed by atoms with Crippen molar-refractivity contribution < 1.29 is 0 Å². The first-order valence-corrected chi connectivity index (χ1v) is 2.71. The Morgan fingerprint density at radius 2 is 2.43 bits per heavy atom. The Labute approximate surface area is 49.5 Å². The summed E-state index contributed by atoms with van der Waals surface area (Å²) in [5, 5.41) is 0. The van der Waals surface area contributed by atoms with E-state index in [4.69, 9.17) is 11.6 Å². The highest BCUT2D eigenvalue weighted by molar-refractivity contribution is 6.19. The van der Waals surface area contributed by atoms with Gasteiger partial charge in [0.25, 0.3) is 0 Å². The van der Waals surface area contributed by atoms with Crippen molar-refractivity contribution >= 4 is 11.6 Å². The van der Waals surface area contributed by atoms with E-state index in [2.05, 4.69) is 6.58 Å². The van der Waals surface area contributed by atoms with E-state index in [0.717, 1.165) is 5.57 Å². The lowest BCUT2D eigenvalue weighted by molar-refractivity contribution is 1.54. The first kappa shape index (κ1) is 6.77. The molecule has 0 aliphatic rings. The van der Waals surface area contributed by atoms with Crippen molar-refractivity contribution in [3.8, 4) is 0 Å². The molecule has 40 valence electrons. The van der Waals surface area contributed by atoms with E-state index in [1.807, 2.05) is 19.1 Å². The van der Waals surface area contributed by atoms with E-state index >= 15 is 0 Å². The fourth-order valence-electron chi connectivity index (χ4n) is 0.280. The molecule has 0 heterocycles. The predicted octanol–water partition coefficient (Wildman–Crippen LogP) is 2.36. The molecule has 0 bridgehead atoms. The highest BCUT2D eigenvalue weighted by Gasteiger charge is 1.77. The maximum Gasteiger partial charge on any atom is 0.0468 e. The molecule has 7 heavy (non-hydrogen) atoms. The summed E-state index contributed by atoms with van der Waals surface area (Å²) in [7, 11) is 0. The smallest absolute Gasteiger partial charge is 0.0468 e. The number of alkyl halides is 1. The molecule has 0 nitrogen and oxygen atoms in total. The molecule has 0 N–H and O–H groups in total. The lowest BCUT2D eigenvalue weighted by Gasteiger charge is -1.84. The quantitative estimate of drug-likeness (QED) is 0.384. The fraction of sp³-hybridized carbons (Fsp3) is 0.333. The minimum atomic E-state index is 0.532. The van der Waals surface area contributed by atoms with Gasteiger partial charge >= 0.3 is 0 Å². The Hall–Kier alpha value is -0.230. The molecule has 0 aliphatic carbocycles. The van der Waals surface area contributed by atoms with Gasteiger partial charge in [0.1, 0.15) is 0 Å². The molecule has 0 aromatic rings. The molecule has 0 aromatic carbocycles. The first-order chi connectivity index (χ1) is 3.31. The summed E-state index contributed by atoms with van der Waals surface area (Å²) in [6.45, 7) is 5.59. The van der Waals surface area contributed by atoms with Gasteiger partial charge in [-0.3, -0.25) is 0 Å². The van der Waals surface area contributed by atoms with Crippen LogP contribution in [0, 0.1) is 0 Å². The Morgan fingerprint density at radius 1 is 1.86 bits per heavy atom. The van der Waals surface area contributed by atoms with E-state index in [0.29, 0.717) is 5.88 Å². The third kappa shape index (κ3) is 3.60. The Kier molecular flexibility index (Phi) is 3.81. The topological polar surface area (TPSA) is 0 Å². The lowest BCUT2D eigenvalue weighted by Crippen LogP contribution is -1.71. The van der Waals surface area contributed by atoms with E-state index in [9.17, 15) is 0 Å². The molecular weight excluding hydrogens is 108 g/mol. The van der Waals surface area contributed by atoms with Crippen molar-refractivity contribution in [2.45, 2.75) is 6.92 Å². The van der Waals surface area contributed by atoms with Crippen molar-refractivity contribution in [3.63, 3.8) is 0 Å². The maximum absolute atomic E-state index is 5.38. The molecule has 0 radical (unpaired) electrons. The van der Waals surface area contributed by atoms with Crippen molar-refractivity contribution in [2.24, 2.45) is 0 Å². The molecule has 0 saturated heterocycles. The predicted molar refractivity (Wildman–Crippen MR) is 34.7 cm³/mol. The van der Waals surface area contributed by atoms with Gasteiger partial charge in [0.2, 0.25) is 0 Å². The van der Waals surface area contributed by atoms with Gasteiger partial charge < -0.3 is 0 Å². The molecule has 0 saturated carbocycles. The van der Waals surface area contributed by atoms with Crippen LogP contribution in [0.15, 0.2) is 24.3 Å². The van der Waals surface area contributed by atoms with Crippen molar-refractivity contribution in [1.29, 1.82) is 0 Å². The molecule has 0 aliphatic heterocycles. The van der Waals surface area contributed by atoms with E-state index in [1.165, 1.54) is 0 Å². The summed E-state index contributed by atoms with van der Waals surface area (Å²) in [6, 6.07) is 0. The SMILES string of the molecule is C=C(C=CC)CCl. The zero-order valence-corrected chi connectivity index (χ0v) is 5.20. The number of hydrogen-bond acceptors (Lipinski definition) is 0. The van der Waals surface area contributed by atoms with Gasteiger partial charge in [-0.1, -0.05) is 18.7 Å². The second-order valence-corrected chi connectivity index (χ2v) is 1.56. The standard InChI is InChI=1S/C6H9Cl/c1-3-4-6(2)5-7/h3-4H,2,5H2,1H3. The number of halogens is 1. The number of hydrogen-bond donors (Lipinski definition) is 0. The van der Waals surface area contributed by atoms with Crippen LogP contribution in [0.5, 0.6) is 0 Å². The minimum absolute atomic E-state index is 0.532. The Bertz CT molecular complexity index is 82.2. The van der Waals surface area contributed by atoms with Crippen LogP contribution in [-0.2, 0) is 0 Å². The van der Waals surface area contributed by atoms with Gasteiger partial charge in [-0.2, -0.15) is 0 Å². The van der Waals surface area contributed by atoms with Crippen LogP contribution in [-0.4, -0.2) is 5.88 Å². The summed E-state index contributed by atoms with van der Waals surface area (Å²) in [6.07, 6.45) is 3.82. The molecule has 1 heteroatoms. The number of rotatable bonds is 2. The summed E-state index contributed by atoms with van der Waals surface area (Å²) in [4.78, 5) is 0. The molecule has 0 unspecified atom stereocenters. The van der Waals surface area contributed by atoms with Crippen molar-refractivity contribution in [2.75, 3.05) is 5.88 Å². The maximum atomic E-state index is 5.38. The van der Waals surface area contributed by atoms with Gasteiger partial charge in [-0.05, 0) is 12.5 Å². The average Bonchev–Trinajstić information content (AvgIpc) is 1.68. The zero-order valence-electron chi connectivity index (χ0n) is 4.45. The normalized spacial score (nSPS) is 10.0. The molecule has 0 rings (SSSR count). The summed E-state index contributed by atoms with van der Waals surface area (Å²) in [5.74, 6) is 0.532. The second-order valence-electron chi connectivity index (χ2n) is 1.29.